The number of benzene rings is 2. The molecule has 0 atom stereocenters. The first-order valence-electron chi connectivity index (χ1n) is 12.0. The molecule has 1 amide bonds. The molecule has 2 aromatic carbocycles. The van der Waals surface area contributed by atoms with E-state index in [2.05, 4.69) is 38.3 Å². The SMILES string of the molecule is CCOC(=O)c1c(NC(=O)COc2ccc3oc4ccccc4c3c2)sc2c1CC(C)(C)NC2(C)C. The number of carbonyl (C=O) groups is 2. The summed E-state index contributed by atoms with van der Waals surface area (Å²) in [6.45, 7) is 10.2. The number of esters is 1. The fourth-order valence-corrected chi connectivity index (χ4v) is 6.42. The molecule has 3 heterocycles. The van der Waals surface area contributed by atoms with Gasteiger partial charge >= 0.3 is 5.97 Å². The van der Waals surface area contributed by atoms with Gasteiger partial charge in [-0.2, -0.15) is 0 Å². The van der Waals surface area contributed by atoms with E-state index in [1.165, 1.54) is 11.3 Å². The highest BCUT2D eigenvalue weighted by Gasteiger charge is 2.42. The number of ether oxygens (including phenoxy) is 2. The number of anilines is 1. The average molecular weight is 507 g/mol. The van der Waals surface area contributed by atoms with Crippen LogP contribution in [0.2, 0.25) is 0 Å². The highest BCUT2D eigenvalue weighted by Crippen LogP contribution is 2.45. The van der Waals surface area contributed by atoms with Crippen molar-refractivity contribution in [2.45, 2.75) is 52.1 Å². The van der Waals surface area contributed by atoms with Crippen molar-refractivity contribution in [3.05, 3.63) is 58.5 Å². The number of nitrogens with one attached hydrogen (secondary N) is 2. The number of thiophene rings is 1. The first-order valence-corrected chi connectivity index (χ1v) is 12.9. The Morgan fingerprint density at radius 2 is 1.83 bits per heavy atom. The molecule has 0 unspecified atom stereocenters. The van der Waals surface area contributed by atoms with Crippen molar-refractivity contribution in [3.8, 4) is 5.75 Å². The lowest BCUT2D eigenvalue weighted by molar-refractivity contribution is -0.118. The molecule has 0 saturated carbocycles. The van der Waals surface area contributed by atoms with Gasteiger partial charge in [-0.05, 0) is 70.9 Å². The van der Waals surface area contributed by atoms with Crippen LogP contribution in [-0.2, 0) is 21.5 Å². The summed E-state index contributed by atoms with van der Waals surface area (Å²) in [4.78, 5) is 26.9. The largest absolute Gasteiger partial charge is 0.484 e. The van der Waals surface area contributed by atoms with Crippen LogP contribution in [0.5, 0.6) is 5.75 Å². The summed E-state index contributed by atoms with van der Waals surface area (Å²) in [5.41, 5.74) is 2.37. The van der Waals surface area contributed by atoms with Crippen LogP contribution in [0.3, 0.4) is 0 Å². The zero-order valence-corrected chi connectivity index (χ0v) is 21.9. The lowest BCUT2D eigenvalue weighted by atomic mass is 9.81. The summed E-state index contributed by atoms with van der Waals surface area (Å²) < 4.78 is 17.0. The summed E-state index contributed by atoms with van der Waals surface area (Å²) >= 11 is 1.42. The third-order valence-corrected chi connectivity index (χ3v) is 7.77. The second kappa shape index (κ2) is 8.94. The molecular weight excluding hydrogens is 476 g/mol. The Morgan fingerprint density at radius 3 is 2.61 bits per heavy atom. The molecule has 2 aromatic heterocycles. The first kappa shape index (κ1) is 24.3. The monoisotopic (exact) mass is 506 g/mol. The number of para-hydroxylation sites is 1. The molecule has 1 aliphatic heterocycles. The molecule has 8 heteroatoms. The van der Waals surface area contributed by atoms with Gasteiger partial charge in [0.15, 0.2) is 6.61 Å². The number of fused-ring (bicyclic) bond motifs is 4. The summed E-state index contributed by atoms with van der Waals surface area (Å²) in [5, 5.41) is 8.96. The summed E-state index contributed by atoms with van der Waals surface area (Å²) in [6.07, 6.45) is 0.654. The van der Waals surface area contributed by atoms with Crippen LogP contribution >= 0.6 is 11.3 Å². The maximum Gasteiger partial charge on any atom is 0.341 e. The van der Waals surface area contributed by atoms with Crippen LogP contribution in [0.25, 0.3) is 21.9 Å². The minimum Gasteiger partial charge on any atom is -0.484 e. The van der Waals surface area contributed by atoms with Crippen molar-refractivity contribution in [3.63, 3.8) is 0 Å². The van der Waals surface area contributed by atoms with Crippen LogP contribution in [0.15, 0.2) is 46.9 Å². The number of carbonyl (C=O) groups excluding carboxylic acids is 2. The normalized spacial score (nSPS) is 16.0. The quantitative estimate of drug-likeness (QED) is 0.312. The van der Waals surface area contributed by atoms with Crippen molar-refractivity contribution < 1.29 is 23.5 Å². The second-order valence-corrected chi connectivity index (χ2v) is 11.3. The van der Waals surface area contributed by atoms with E-state index in [-0.39, 0.29) is 30.2 Å². The van der Waals surface area contributed by atoms with Crippen LogP contribution in [0.1, 0.15) is 55.4 Å². The fraction of sp³-hybridized carbons (Fsp3) is 0.357. The van der Waals surface area contributed by atoms with Crippen LogP contribution < -0.4 is 15.4 Å². The molecule has 0 saturated heterocycles. The van der Waals surface area contributed by atoms with Gasteiger partial charge in [-0.1, -0.05) is 18.2 Å². The van der Waals surface area contributed by atoms with E-state index in [4.69, 9.17) is 13.9 Å². The van der Waals surface area contributed by atoms with Gasteiger partial charge < -0.3 is 24.5 Å². The van der Waals surface area contributed by atoms with E-state index in [9.17, 15) is 9.59 Å². The third-order valence-electron chi connectivity index (χ3n) is 6.29. The fourth-order valence-electron chi connectivity index (χ4n) is 5.14. The minimum atomic E-state index is -0.419. The summed E-state index contributed by atoms with van der Waals surface area (Å²) in [5.74, 6) is -0.203. The summed E-state index contributed by atoms with van der Waals surface area (Å²) in [6, 6.07) is 13.3. The van der Waals surface area contributed by atoms with Gasteiger partial charge in [-0.15, -0.1) is 11.3 Å². The lowest BCUT2D eigenvalue weighted by Gasteiger charge is -2.42. The molecule has 0 bridgehead atoms. The Bertz CT molecular complexity index is 1480. The van der Waals surface area contributed by atoms with Gasteiger partial charge in [0.1, 0.15) is 21.9 Å². The average Bonchev–Trinajstić information content (AvgIpc) is 3.35. The number of furan rings is 1. The van der Waals surface area contributed by atoms with E-state index < -0.39 is 5.97 Å². The van der Waals surface area contributed by atoms with E-state index >= 15 is 0 Å². The van der Waals surface area contributed by atoms with E-state index in [1.807, 2.05) is 36.4 Å². The standard InChI is InChI=1S/C28H30N2O5S/c1-6-33-26(32)23-19-14-27(2,3)30-28(4,5)24(19)36-25(23)29-22(31)15-34-16-11-12-21-18(13-16)17-9-7-8-10-20(17)35-21/h7-13,30H,6,14-15H2,1-5H3,(H,29,31). The van der Waals surface area contributed by atoms with Crippen LogP contribution in [0, 0.1) is 0 Å². The maximum absolute atomic E-state index is 13.0. The van der Waals surface area contributed by atoms with Gasteiger partial charge in [-0.25, -0.2) is 4.79 Å². The van der Waals surface area contributed by atoms with Crippen LogP contribution in [0.4, 0.5) is 5.00 Å². The number of hydrogen-bond donors (Lipinski definition) is 2. The van der Waals surface area contributed by atoms with Crippen LogP contribution in [-0.4, -0.2) is 30.6 Å². The molecule has 4 aromatic rings. The molecule has 5 rings (SSSR count). The highest BCUT2D eigenvalue weighted by molar-refractivity contribution is 7.17. The van der Waals surface area contributed by atoms with Crippen molar-refractivity contribution in [1.29, 1.82) is 0 Å². The van der Waals surface area contributed by atoms with Gasteiger partial charge in [0, 0.05) is 26.7 Å². The van der Waals surface area contributed by atoms with E-state index in [1.54, 1.807) is 13.0 Å². The van der Waals surface area contributed by atoms with Crippen molar-refractivity contribution >= 4 is 50.2 Å². The Balaban J connectivity index is 1.38. The molecule has 1 aliphatic rings. The first-order chi connectivity index (χ1) is 17.1. The molecule has 188 valence electrons. The molecular formula is C28H30N2O5S. The Labute approximate surface area is 213 Å². The van der Waals surface area contributed by atoms with Gasteiger partial charge in [0.25, 0.3) is 5.91 Å². The van der Waals surface area contributed by atoms with Gasteiger partial charge in [0.05, 0.1) is 12.2 Å². The smallest absolute Gasteiger partial charge is 0.341 e. The Kier molecular flexibility index (Phi) is 6.04. The van der Waals surface area contributed by atoms with E-state index in [0.29, 0.717) is 22.7 Å². The summed E-state index contributed by atoms with van der Waals surface area (Å²) in [7, 11) is 0. The zero-order chi connectivity index (χ0) is 25.7. The second-order valence-electron chi connectivity index (χ2n) is 10.2. The number of amides is 1. The topological polar surface area (TPSA) is 89.8 Å². The molecule has 2 N–H and O–H groups in total. The molecule has 0 spiro atoms. The van der Waals surface area contributed by atoms with E-state index in [0.717, 1.165) is 32.4 Å². The predicted octanol–water partition coefficient (Wildman–Crippen LogP) is 6.00. The maximum atomic E-state index is 13.0. The van der Waals surface area contributed by atoms with Gasteiger partial charge in [-0.3, -0.25) is 4.79 Å². The van der Waals surface area contributed by atoms with Crippen molar-refractivity contribution in [2.75, 3.05) is 18.5 Å². The number of rotatable bonds is 6. The zero-order valence-electron chi connectivity index (χ0n) is 21.1. The molecule has 0 fully saturated rings. The minimum absolute atomic E-state index is 0.195. The molecule has 0 radical (unpaired) electrons. The predicted molar refractivity (Wildman–Crippen MR) is 142 cm³/mol. The lowest BCUT2D eigenvalue weighted by Crippen LogP contribution is -2.55. The van der Waals surface area contributed by atoms with Crippen molar-refractivity contribution in [2.24, 2.45) is 0 Å². The van der Waals surface area contributed by atoms with Gasteiger partial charge in [0.2, 0.25) is 0 Å². The number of hydrogen-bond acceptors (Lipinski definition) is 7. The van der Waals surface area contributed by atoms with Crippen molar-refractivity contribution in [1.82, 2.24) is 5.32 Å². The molecule has 36 heavy (non-hydrogen) atoms. The molecule has 7 nitrogen and oxygen atoms in total. The molecule has 0 aliphatic carbocycles. The Morgan fingerprint density at radius 1 is 1.08 bits per heavy atom. The third kappa shape index (κ3) is 4.47. The highest BCUT2D eigenvalue weighted by atomic mass is 32.1. The Hall–Kier alpha value is -3.36.